The lowest BCUT2D eigenvalue weighted by molar-refractivity contribution is -0.0236. The molecule has 1 heterocycles. The molecule has 2 aliphatic rings. The predicted molar refractivity (Wildman–Crippen MR) is 75.0 cm³/mol. The highest BCUT2D eigenvalue weighted by Gasteiger charge is 2.34. The minimum absolute atomic E-state index is 0.0705. The Hall–Kier alpha value is -0.820. The standard InChI is InChI=1S/C12H23N3O3S/c1-2-13-11(14-9-12(16)5-3-6-12)15-10-4-7-19(17,18)8-10/h10,16H,2-9H2,1H3,(H2,13,14,15). The number of aliphatic hydroxyl groups is 1. The quantitative estimate of drug-likeness (QED) is 0.486. The van der Waals surface area contributed by atoms with Gasteiger partial charge in [0, 0.05) is 12.6 Å². The summed E-state index contributed by atoms with van der Waals surface area (Å²) >= 11 is 0. The van der Waals surface area contributed by atoms with E-state index in [9.17, 15) is 13.5 Å². The summed E-state index contributed by atoms with van der Waals surface area (Å²) in [6, 6.07) is -0.0705. The smallest absolute Gasteiger partial charge is 0.191 e. The second-order valence-corrected chi connectivity index (χ2v) is 7.75. The Morgan fingerprint density at radius 3 is 2.68 bits per heavy atom. The fraction of sp³-hybridized carbons (Fsp3) is 0.917. The zero-order valence-electron chi connectivity index (χ0n) is 11.4. The van der Waals surface area contributed by atoms with Gasteiger partial charge < -0.3 is 15.7 Å². The number of sulfone groups is 1. The fourth-order valence-electron chi connectivity index (χ4n) is 2.39. The summed E-state index contributed by atoms with van der Waals surface area (Å²) in [5, 5.41) is 16.2. The molecule has 1 saturated carbocycles. The number of rotatable bonds is 4. The summed E-state index contributed by atoms with van der Waals surface area (Å²) in [6.07, 6.45) is 3.27. The van der Waals surface area contributed by atoms with E-state index in [2.05, 4.69) is 15.6 Å². The molecule has 0 aromatic carbocycles. The molecule has 7 heteroatoms. The Morgan fingerprint density at radius 2 is 2.21 bits per heavy atom. The highest BCUT2D eigenvalue weighted by molar-refractivity contribution is 7.91. The van der Waals surface area contributed by atoms with Gasteiger partial charge in [0.05, 0.1) is 23.7 Å². The van der Waals surface area contributed by atoms with Crippen LogP contribution in [0.15, 0.2) is 4.99 Å². The second kappa shape index (κ2) is 5.66. The third-order valence-corrected chi connectivity index (χ3v) is 5.50. The molecule has 1 aliphatic heterocycles. The van der Waals surface area contributed by atoms with Crippen molar-refractivity contribution in [3.8, 4) is 0 Å². The van der Waals surface area contributed by atoms with Gasteiger partial charge in [-0.25, -0.2) is 8.42 Å². The third kappa shape index (κ3) is 4.07. The number of hydrogen-bond acceptors (Lipinski definition) is 4. The molecule has 19 heavy (non-hydrogen) atoms. The topological polar surface area (TPSA) is 90.8 Å². The van der Waals surface area contributed by atoms with E-state index in [-0.39, 0.29) is 17.5 Å². The number of nitrogens with one attached hydrogen (secondary N) is 2. The minimum atomic E-state index is -2.89. The van der Waals surface area contributed by atoms with E-state index >= 15 is 0 Å². The fourth-order valence-corrected chi connectivity index (χ4v) is 4.06. The monoisotopic (exact) mass is 289 g/mol. The molecule has 0 amide bonds. The molecule has 6 nitrogen and oxygen atoms in total. The van der Waals surface area contributed by atoms with Gasteiger partial charge in [0.2, 0.25) is 0 Å². The van der Waals surface area contributed by atoms with Crippen molar-refractivity contribution in [2.24, 2.45) is 4.99 Å². The number of aliphatic imine (C=N–C) groups is 1. The predicted octanol–water partition coefficient (Wildman–Crippen LogP) is -0.356. The molecule has 2 rings (SSSR count). The van der Waals surface area contributed by atoms with E-state index in [1.165, 1.54) is 0 Å². The molecule has 0 bridgehead atoms. The van der Waals surface area contributed by atoms with E-state index in [4.69, 9.17) is 0 Å². The lowest BCUT2D eigenvalue weighted by atomic mass is 9.80. The first-order chi connectivity index (χ1) is 8.92. The Morgan fingerprint density at radius 1 is 1.47 bits per heavy atom. The van der Waals surface area contributed by atoms with Gasteiger partial charge in [-0.05, 0) is 32.6 Å². The van der Waals surface area contributed by atoms with Crippen molar-refractivity contribution in [2.45, 2.75) is 44.2 Å². The van der Waals surface area contributed by atoms with Gasteiger partial charge in [0.1, 0.15) is 0 Å². The van der Waals surface area contributed by atoms with Crippen LogP contribution in [0.25, 0.3) is 0 Å². The zero-order valence-corrected chi connectivity index (χ0v) is 12.2. The molecule has 0 spiro atoms. The summed E-state index contributed by atoms with van der Waals surface area (Å²) in [5.74, 6) is 1.01. The maximum Gasteiger partial charge on any atom is 0.191 e. The van der Waals surface area contributed by atoms with Crippen LogP contribution in [-0.2, 0) is 9.84 Å². The van der Waals surface area contributed by atoms with E-state index in [1.807, 2.05) is 6.92 Å². The lowest BCUT2D eigenvalue weighted by Gasteiger charge is -2.35. The summed E-state index contributed by atoms with van der Waals surface area (Å²) in [4.78, 5) is 4.37. The normalized spacial score (nSPS) is 28.7. The van der Waals surface area contributed by atoms with Crippen LogP contribution in [-0.4, -0.2) is 55.7 Å². The van der Waals surface area contributed by atoms with Crippen LogP contribution in [0.4, 0.5) is 0 Å². The van der Waals surface area contributed by atoms with Crippen LogP contribution < -0.4 is 10.6 Å². The van der Waals surface area contributed by atoms with Crippen molar-refractivity contribution in [2.75, 3.05) is 24.6 Å². The molecule has 0 aromatic rings. The maximum atomic E-state index is 11.4. The zero-order chi connectivity index (χ0) is 13.9. The first-order valence-electron chi connectivity index (χ1n) is 6.90. The molecule has 0 radical (unpaired) electrons. The van der Waals surface area contributed by atoms with Crippen molar-refractivity contribution < 1.29 is 13.5 Å². The van der Waals surface area contributed by atoms with Crippen molar-refractivity contribution >= 4 is 15.8 Å². The molecular weight excluding hydrogens is 266 g/mol. The van der Waals surface area contributed by atoms with E-state index in [0.717, 1.165) is 19.3 Å². The number of hydrogen-bond donors (Lipinski definition) is 3. The average Bonchev–Trinajstić information content (AvgIpc) is 2.63. The number of guanidine groups is 1. The van der Waals surface area contributed by atoms with Crippen LogP contribution >= 0.6 is 0 Å². The molecule has 2 fully saturated rings. The van der Waals surface area contributed by atoms with Crippen molar-refractivity contribution in [3.63, 3.8) is 0 Å². The van der Waals surface area contributed by atoms with Gasteiger partial charge in [-0.3, -0.25) is 4.99 Å². The molecule has 1 saturated heterocycles. The largest absolute Gasteiger partial charge is 0.388 e. The highest BCUT2D eigenvalue weighted by atomic mass is 32.2. The van der Waals surface area contributed by atoms with Crippen molar-refractivity contribution in [1.82, 2.24) is 10.6 Å². The summed E-state index contributed by atoms with van der Waals surface area (Å²) in [5.41, 5.74) is -0.649. The molecular formula is C12H23N3O3S. The van der Waals surface area contributed by atoms with Crippen LogP contribution in [0.1, 0.15) is 32.6 Å². The summed E-state index contributed by atoms with van der Waals surface area (Å²) in [7, 11) is -2.89. The van der Waals surface area contributed by atoms with Crippen LogP contribution in [0, 0.1) is 0 Å². The van der Waals surface area contributed by atoms with Gasteiger partial charge in [0.25, 0.3) is 0 Å². The van der Waals surface area contributed by atoms with Gasteiger partial charge >= 0.3 is 0 Å². The number of nitrogens with zero attached hydrogens (tertiary/aromatic N) is 1. The Labute approximate surface area is 114 Å². The molecule has 1 unspecified atom stereocenters. The third-order valence-electron chi connectivity index (χ3n) is 3.73. The Bertz CT molecular complexity index is 443. The van der Waals surface area contributed by atoms with Crippen LogP contribution in [0.2, 0.25) is 0 Å². The SMILES string of the molecule is CCNC(=NCC1(O)CCC1)NC1CCS(=O)(=O)C1. The van der Waals surface area contributed by atoms with Gasteiger partial charge in [-0.2, -0.15) is 0 Å². The second-order valence-electron chi connectivity index (χ2n) is 5.52. The Kier molecular flexibility index (Phi) is 4.35. The van der Waals surface area contributed by atoms with Gasteiger partial charge in [0.15, 0.2) is 15.8 Å². The van der Waals surface area contributed by atoms with Crippen molar-refractivity contribution in [3.05, 3.63) is 0 Å². The minimum Gasteiger partial charge on any atom is -0.388 e. The van der Waals surface area contributed by atoms with Crippen LogP contribution in [0.3, 0.4) is 0 Å². The highest BCUT2D eigenvalue weighted by Crippen LogP contribution is 2.31. The van der Waals surface area contributed by atoms with E-state index < -0.39 is 15.4 Å². The van der Waals surface area contributed by atoms with E-state index in [1.54, 1.807) is 0 Å². The molecule has 1 atom stereocenters. The van der Waals surface area contributed by atoms with Crippen LogP contribution in [0.5, 0.6) is 0 Å². The van der Waals surface area contributed by atoms with Gasteiger partial charge in [-0.15, -0.1) is 0 Å². The van der Waals surface area contributed by atoms with Gasteiger partial charge in [-0.1, -0.05) is 0 Å². The summed E-state index contributed by atoms with van der Waals surface area (Å²) < 4.78 is 22.8. The molecule has 3 N–H and O–H groups in total. The summed E-state index contributed by atoms with van der Waals surface area (Å²) in [6.45, 7) is 3.05. The molecule has 0 aromatic heterocycles. The molecule has 110 valence electrons. The van der Waals surface area contributed by atoms with Crippen molar-refractivity contribution in [1.29, 1.82) is 0 Å². The molecule has 1 aliphatic carbocycles. The Balaban J connectivity index is 1.90. The average molecular weight is 289 g/mol. The maximum absolute atomic E-state index is 11.4. The van der Waals surface area contributed by atoms with E-state index in [0.29, 0.717) is 25.5 Å². The first-order valence-corrected chi connectivity index (χ1v) is 8.72. The first kappa shape index (κ1) is 14.6. The lowest BCUT2D eigenvalue weighted by Crippen LogP contribution is -2.46.